The first-order valence-electron chi connectivity index (χ1n) is 4.68. The predicted molar refractivity (Wildman–Crippen MR) is 65.1 cm³/mol. The van der Waals surface area contributed by atoms with E-state index in [-0.39, 0.29) is 17.3 Å². The van der Waals surface area contributed by atoms with Gasteiger partial charge in [-0.15, -0.1) is 0 Å². The molecule has 0 fully saturated rings. The van der Waals surface area contributed by atoms with Gasteiger partial charge in [-0.3, -0.25) is 0 Å². The van der Waals surface area contributed by atoms with Gasteiger partial charge in [0, 0.05) is 6.07 Å². The van der Waals surface area contributed by atoms with Crippen molar-refractivity contribution in [3.8, 4) is 0 Å². The van der Waals surface area contributed by atoms with E-state index in [0.717, 1.165) is 16.6 Å². The molecule has 2 nitrogen and oxygen atoms in total. The second-order valence-corrected chi connectivity index (χ2v) is 4.55. The van der Waals surface area contributed by atoms with Gasteiger partial charge < -0.3 is 9.73 Å². The zero-order chi connectivity index (χ0) is 12.4. The predicted octanol–water partition coefficient (Wildman–Crippen LogP) is 4.59. The van der Waals surface area contributed by atoms with Crippen molar-refractivity contribution >= 4 is 33.2 Å². The molecular weight excluding hydrogens is 315 g/mol. The van der Waals surface area contributed by atoms with E-state index in [1.807, 2.05) is 0 Å². The summed E-state index contributed by atoms with van der Waals surface area (Å²) in [5, 5.41) is 2.75. The molecule has 1 aromatic carbocycles. The Hall–Kier alpha value is -1.07. The molecule has 2 aromatic rings. The smallest absolute Gasteiger partial charge is 0.150 e. The van der Waals surface area contributed by atoms with Crippen LogP contribution in [0.3, 0.4) is 0 Å². The van der Waals surface area contributed by atoms with Crippen molar-refractivity contribution in [2.24, 2.45) is 0 Å². The second-order valence-electron chi connectivity index (χ2n) is 3.29. The summed E-state index contributed by atoms with van der Waals surface area (Å²) < 4.78 is 32.1. The van der Waals surface area contributed by atoms with Crippen LogP contribution in [0.1, 0.15) is 5.76 Å². The van der Waals surface area contributed by atoms with E-state index < -0.39 is 11.6 Å². The molecule has 2 rings (SSSR count). The van der Waals surface area contributed by atoms with E-state index in [2.05, 4.69) is 21.2 Å². The molecule has 0 unspecified atom stereocenters. The van der Waals surface area contributed by atoms with Crippen LogP contribution in [0.4, 0.5) is 14.5 Å². The lowest BCUT2D eigenvalue weighted by atomic mass is 10.3. The molecule has 90 valence electrons. The third-order valence-electron chi connectivity index (χ3n) is 2.12. The molecule has 0 spiro atoms. The summed E-state index contributed by atoms with van der Waals surface area (Å²) in [5.41, 5.74) is 0.0522. The Morgan fingerprint density at radius 3 is 2.71 bits per heavy atom. The first-order chi connectivity index (χ1) is 8.08. The van der Waals surface area contributed by atoms with Gasteiger partial charge in [0.05, 0.1) is 28.0 Å². The van der Waals surface area contributed by atoms with E-state index in [4.69, 9.17) is 16.0 Å². The largest absolute Gasteiger partial charge is 0.466 e. The molecule has 0 saturated carbocycles. The number of benzene rings is 1. The van der Waals surface area contributed by atoms with Crippen LogP contribution in [-0.2, 0) is 6.54 Å². The summed E-state index contributed by atoms with van der Waals surface area (Å²) in [6.45, 7) is 0.246. The second kappa shape index (κ2) is 5.06. The lowest BCUT2D eigenvalue weighted by Gasteiger charge is -2.08. The monoisotopic (exact) mass is 321 g/mol. The topological polar surface area (TPSA) is 25.2 Å². The van der Waals surface area contributed by atoms with Gasteiger partial charge in [0.25, 0.3) is 0 Å². The molecule has 0 aliphatic rings. The van der Waals surface area contributed by atoms with Gasteiger partial charge in [-0.1, -0.05) is 11.6 Å². The zero-order valence-corrected chi connectivity index (χ0v) is 10.8. The summed E-state index contributed by atoms with van der Waals surface area (Å²) >= 11 is 9.00. The van der Waals surface area contributed by atoms with E-state index in [0.29, 0.717) is 5.76 Å². The van der Waals surface area contributed by atoms with Crippen molar-refractivity contribution in [2.45, 2.75) is 6.54 Å². The zero-order valence-electron chi connectivity index (χ0n) is 8.44. The summed E-state index contributed by atoms with van der Waals surface area (Å²) in [5.74, 6) is -0.848. The van der Waals surface area contributed by atoms with Crippen LogP contribution in [0.25, 0.3) is 0 Å². The molecule has 0 radical (unpaired) electrons. The molecule has 0 bridgehead atoms. The number of hydrogen-bond acceptors (Lipinski definition) is 2. The molecule has 1 N–H and O–H groups in total. The molecule has 0 aliphatic heterocycles. The van der Waals surface area contributed by atoms with Crippen LogP contribution >= 0.6 is 27.5 Å². The fraction of sp³-hybridized carbons (Fsp3) is 0.0909. The van der Waals surface area contributed by atoms with Crippen molar-refractivity contribution in [2.75, 3.05) is 5.32 Å². The maximum absolute atomic E-state index is 13.4. The number of nitrogens with one attached hydrogen (secondary N) is 1. The van der Waals surface area contributed by atoms with Gasteiger partial charge in [-0.05, 0) is 28.1 Å². The Morgan fingerprint density at radius 1 is 1.35 bits per heavy atom. The summed E-state index contributed by atoms with van der Waals surface area (Å²) in [7, 11) is 0. The van der Waals surface area contributed by atoms with Crippen molar-refractivity contribution in [3.05, 3.63) is 51.4 Å². The molecule has 1 aromatic heterocycles. The van der Waals surface area contributed by atoms with E-state index >= 15 is 0 Å². The summed E-state index contributed by atoms with van der Waals surface area (Å²) in [4.78, 5) is 0. The van der Waals surface area contributed by atoms with Crippen LogP contribution < -0.4 is 5.32 Å². The van der Waals surface area contributed by atoms with E-state index in [1.54, 1.807) is 6.07 Å². The lowest BCUT2D eigenvalue weighted by molar-refractivity contribution is 0.515. The van der Waals surface area contributed by atoms with Crippen molar-refractivity contribution in [3.63, 3.8) is 0 Å². The normalized spacial score (nSPS) is 10.6. The maximum atomic E-state index is 13.4. The molecule has 6 heteroatoms. The highest BCUT2D eigenvalue weighted by Crippen LogP contribution is 2.27. The fourth-order valence-corrected chi connectivity index (χ4v) is 1.93. The van der Waals surface area contributed by atoms with Gasteiger partial charge in [0.15, 0.2) is 5.82 Å². The fourth-order valence-electron chi connectivity index (χ4n) is 1.33. The Labute approximate surface area is 110 Å². The van der Waals surface area contributed by atoms with Crippen LogP contribution in [0.5, 0.6) is 0 Å². The van der Waals surface area contributed by atoms with E-state index in [1.165, 1.54) is 6.26 Å². The maximum Gasteiger partial charge on any atom is 0.150 e. The Kier molecular flexibility index (Phi) is 3.69. The molecule has 1 heterocycles. The highest BCUT2D eigenvalue weighted by Gasteiger charge is 2.11. The number of hydrogen-bond donors (Lipinski definition) is 1. The van der Waals surface area contributed by atoms with E-state index in [9.17, 15) is 8.78 Å². The molecule has 0 saturated heterocycles. The highest BCUT2D eigenvalue weighted by atomic mass is 79.9. The molecule has 0 aliphatic carbocycles. The Balaban J connectivity index is 2.17. The Bertz CT molecular complexity index is 521. The minimum atomic E-state index is -0.738. The first-order valence-corrected chi connectivity index (χ1v) is 5.85. The van der Waals surface area contributed by atoms with Gasteiger partial charge in [0.1, 0.15) is 11.6 Å². The third-order valence-corrected chi connectivity index (χ3v) is 3.13. The first kappa shape index (κ1) is 12.4. The summed E-state index contributed by atoms with van der Waals surface area (Å²) in [6.07, 6.45) is 1.50. The van der Waals surface area contributed by atoms with Gasteiger partial charge in [-0.2, -0.15) is 0 Å². The number of furan rings is 1. The van der Waals surface area contributed by atoms with Gasteiger partial charge in [0.2, 0.25) is 0 Å². The summed E-state index contributed by atoms with van der Waals surface area (Å²) in [6, 6.07) is 3.54. The SMILES string of the molecule is Fc1cc(F)c(NCc2occc2Br)c(Cl)c1. The third kappa shape index (κ3) is 2.79. The quantitative estimate of drug-likeness (QED) is 0.894. The average molecular weight is 323 g/mol. The highest BCUT2D eigenvalue weighted by molar-refractivity contribution is 9.10. The van der Waals surface area contributed by atoms with Crippen molar-refractivity contribution < 1.29 is 13.2 Å². The van der Waals surface area contributed by atoms with Crippen LogP contribution in [-0.4, -0.2) is 0 Å². The van der Waals surface area contributed by atoms with Crippen LogP contribution in [0.2, 0.25) is 5.02 Å². The average Bonchev–Trinajstić information content (AvgIpc) is 2.62. The minimum absolute atomic E-state index is 0.00909. The number of anilines is 1. The molecular formula is C11H7BrClF2NO. The number of halogens is 4. The van der Waals surface area contributed by atoms with Gasteiger partial charge in [-0.25, -0.2) is 8.78 Å². The molecule has 0 amide bonds. The van der Waals surface area contributed by atoms with Crippen molar-refractivity contribution in [1.29, 1.82) is 0 Å². The van der Waals surface area contributed by atoms with Crippen molar-refractivity contribution in [1.82, 2.24) is 0 Å². The molecule has 0 atom stereocenters. The standard InChI is InChI=1S/C11H7BrClF2NO/c12-7-1-2-17-10(7)5-16-11-8(13)3-6(14)4-9(11)15/h1-4,16H,5H2. The van der Waals surface area contributed by atoms with Gasteiger partial charge >= 0.3 is 0 Å². The van der Waals surface area contributed by atoms with Crippen LogP contribution in [0, 0.1) is 11.6 Å². The lowest BCUT2D eigenvalue weighted by Crippen LogP contribution is -2.02. The van der Waals surface area contributed by atoms with Crippen LogP contribution in [0.15, 0.2) is 33.4 Å². The minimum Gasteiger partial charge on any atom is -0.466 e. The number of rotatable bonds is 3. The molecule has 17 heavy (non-hydrogen) atoms. The Morgan fingerprint density at radius 2 is 2.12 bits per heavy atom.